The molecule has 4 aromatic rings. The molecule has 0 aliphatic carbocycles. The van der Waals surface area contributed by atoms with Gasteiger partial charge in [-0.3, -0.25) is 4.79 Å². The number of aromatic nitrogens is 2. The molecule has 4 rings (SSSR count). The van der Waals surface area contributed by atoms with Crippen LogP contribution in [0.15, 0.2) is 91.3 Å². The molecule has 0 aliphatic heterocycles. The average Bonchev–Trinajstić information content (AvgIpc) is 2.80. The predicted molar refractivity (Wildman–Crippen MR) is 117 cm³/mol. The molecule has 5 nitrogen and oxygen atoms in total. The summed E-state index contributed by atoms with van der Waals surface area (Å²) in [5.41, 5.74) is 3.18. The highest BCUT2D eigenvalue weighted by Crippen LogP contribution is 2.22. The summed E-state index contributed by atoms with van der Waals surface area (Å²) in [4.78, 5) is 21.1. The molecular weight excluding hydrogens is 398 g/mol. The highest BCUT2D eigenvalue weighted by Gasteiger charge is 2.08. The third-order valence-electron chi connectivity index (χ3n) is 4.40. The smallest absolute Gasteiger partial charge is 0.321 e. The number of para-hydroxylation sites is 1. The second-order valence-corrected chi connectivity index (χ2v) is 7.00. The quantitative estimate of drug-likeness (QED) is 0.450. The molecule has 0 spiro atoms. The van der Waals surface area contributed by atoms with Crippen LogP contribution in [0, 0.1) is 0 Å². The third-order valence-corrected chi connectivity index (χ3v) is 4.66. The SMILES string of the molecule is O=C(NCc1ccc(Cl)cc1)c1cccc(-c2cnc(Oc3ccccc3)nc2)c1. The lowest BCUT2D eigenvalue weighted by atomic mass is 10.1. The molecule has 1 N–H and O–H groups in total. The molecule has 0 unspecified atom stereocenters. The molecule has 30 heavy (non-hydrogen) atoms. The van der Waals surface area contributed by atoms with Gasteiger partial charge in [-0.15, -0.1) is 0 Å². The van der Waals surface area contributed by atoms with E-state index < -0.39 is 0 Å². The highest BCUT2D eigenvalue weighted by atomic mass is 35.5. The Labute approximate surface area is 179 Å². The molecule has 6 heteroatoms. The Kier molecular flexibility index (Phi) is 6.01. The van der Waals surface area contributed by atoms with Gasteiger partial charge in [0.15, 0.2) is 0 Å². The van der Waals surface area contributed by atoms with E-state index in [-0.39, 0.29) is 11.9 Å². The van der Waals surface area contributed by atoms with Crippen LogP contribution < -0.4 is 10.1 Å². The van der Waals surface area contributed by atoms with Gasteiger partial charge in [0.25, 0.3) is 5.91 Å². The first-order chi connectivity index (χ1) is 14.7. The maximum atomic E-state index is 12.5. The number of halogens is 1. The lowest BCUT2D eigenvalue weighted by Gasteiger charge is -2.08. The second kappa shape index (κ2) is 9.20. The Balaban J connectivity index is 1.43. The van der Waals surface area contributed by atoms with Crippen LogP contribution >= 0.6 is 11.6 Å². The highest BCUT2D eigenvalue weighted by molar-refractivity contribution is 6.30. The zero-order valence-corrected chi connectivity index (χ0v) is 16.7. The van der Waals surface area contributed by atoms with E-state index in [9.17, 15) is 4.79 Å². The molecule has 3 aromatic carbocycles. The van der Waals surface area contributed by atoms with Gasteiger partial charge in [-0.05, 0) is 47.5 Å². The van der Waals surface area contributed by atoms with Crippen molar-refractivity contribution in [2.75, 3.05) is 0 Å². The van der Waals surface area contributed by atoms with Crippen LogP contribution in [0.2, 0.25) is 5.02 Å². The van der Waals surface area contributed by atoms with Gasteiger partial charge in [-0.1, -0.05) is 54.1 Å². The van der Waals surface area contributed by atoms with Crippen LogP contribution in [-0.2, 0) is 6.54 Å². The minimum absolute atomic E-state index is 0.156. The van der Waals surface area contributed by atoms with Crippen molar-refractivity contribution in [3.05, 3.63) is 107 Å². The third kappa shape index (κ3) is 5.01. The summed E-state index contributed by atoms with van der Waals surface area (Å²) >= 11 is 5.89. The minimum atomic E-state index is -0.156. The number of hydrogen-bond donors (Lipinski definition) is 1. The first-order valence-electron chi connectivity index (χ1n) is 9.35. The molecule has 0 fully saturated rings. The van der Waals surface area contributed by atoms with Crippen molar-refractivity contribution in [3.8, 4) is 22.9 Å². The van der Waals surface area contributed by atoms with E-state index in [1.54, 1.807) is 30.6 Å². The predicted octanol–water partition coefficient (Wildman–Crippen LogP) is 5.52. The Morgan fingerprint density at radius 2 is 1.60 bits per heavy atom. The van der Waals surface area contributed by atoms with E-state index in [1.165, 1.54) is 0 Å². The molecule has 1 amide bonds. The minimum Gasteiger partial charge on any atom is -0.424 e. The zero-order chi connectivity index (χ0) is 20.8. The Hall–Kier alpha value is -3.70. The molecule has 0 aliphatic rings. The summed E-state index contributed by atoms with van der Waals surface area (Å²) in [5, 5.41) is 3.58. The van der Waals surface area contributed by atoms with Crippen molar-refractivity contribution in [2.24, 2.45) is 0 Å². The molecule has 1 heterocycles. The van der Waals surface area contributed by atoms with E-state index in [2.05, 4.69) is 15.3 Å². The summed E-state index contributed by atoms with van der Waals surface area (Å²) in [5.74, 6) is 0.515. The maximum Gasteiger partial charge on any atom is 0.321 e. The Morgan fingerprint density at radius 3 is 2.33 bits per heavy atom. The first-order valence-corrected chi connectivity index (χ1v) is 9.73. The van der Waals surface area contributed by atoms with Crippen LogP contribution in [0.3, 0.4) is 0 Å². The van der Waals surface area contributed by atoms with Gasteiger partial charge in [0.2, 0.25) is 0 Å². The number of amides is 1. The normalized spacial score (nSPS) is 10.4. The van der Waals surface area contributed by atoms with Crippen LogP contribution in [0.5, 0.6) is 11.8 Å². The number of benzene rings is 3. The van der Waals surface area contributed by atoms with E-state index in [0.717, 1.165) is 16.7 Å². The van der Waals surface area contributed by atoms with Gasteiger partial charge in [0.05, 0.1) is 0 Å². The molecule has 148 valence electrons. The van der Waals surface area contributed by atoms with Crippen molar-refractivity contribution >= 4 is 17.5 Å². The maximum absolute atomic E-state index is 12.5. The summed E-state index contributed by atoms with van der Waals surface area (Å²) in [7, 11) is 0. The van der Waals surface area contributed by atoms with Gasteiger partial charge in [-0.2, -0.15) is 0 Å². The van der Waals surface area contributed by atoms with Crippen LogP contribution in [0.4, 0.5) is 0 Å². The number of rotatable bonds is 6. The largest absolute Gasteiger partial charge is 0.424 e. The number of ether oxygens (including phenoxy) is 1. The number of nitrogens with zero attached hydrogens (tertiary/aromatic N) is 2. The standard InChI is InChI=1S/C24H18ClN3O2/c25-21-11-9-17(10-12-21)14-26-23(29)19-6-4-5-18(13-19)20-15-27-24(28-16-20)30-22-7-2-1-3-8-22/h1-13,15-16H,14H2,(H,26,29). The summed E-state index contributed by atoms with van der Waals surface area (Å²) in [6, 6.07) is 24.3. The summed E-state index contributed by atoms with van der Waals surface area (Å²) < 4.78 is 5.62. The van der Waals surface area contributed by atoms with E-state index >= 15 is 0 Å². The summed E-state index contributed by atoms with van der Waals surface area (Å²) in [6.45, 7) is 0.425. The van der Waals surface area contributed by atoms with Crippen molar-refractivity contribution in [1.29, 1.82) is 0 Å². The molecule has 0 atom stereocenters. The Bertz CT molecular complexity index is 1130. The number of carbonyl (C=O) groups is 1. The van der Waals surface area contributed by atoms with Gasteiger partial charge in [0.1, 0.15) is 5.75 Å². The van der Waals surface area contributed by atoms with Crippen molar-refractivity contribution < 1.29 is 9.53 Å². The summed E-state index contributed by atoms with van der Waals surface area (Å²) in [6.07, 6.45) is 3.35. The molecule has 0 bridgehead atoms. The van der Waals surface area contributed by atoms with Gasteiger partial charge < -0.3 is 10.1 Å². The molecule has 0 radical (unpaired) electrons. The number of carbonyl (C=O) groups excluding carboxylic acids is 1. The van der Waals surface area contributed by atoms with Crippen LogP contribution in [0.1, 0.15) is 15.9 Å². The number of nitrogens with one attached hydrogen (secondary N) is 1. The van der Waals surface area contributed by atoms with Crippen molar-refractivity contribution in [2.45, 2.75) is 6.54 Å². The fraction of sp³-hybridized carbons (Fsp3) is 0.0417. The topological polar surface area (TPSA) is 64.1 Å². The van der Waals surface area contributed by atoms with E-state index in [1.807, 2.05) is 60.7 Å². The van der Waals surface area contributed by atoms with Crippen molar-refractivity contribution in [3.63, 3.8) is 0 Å². The van der Waals surface area contributed by atoms with Gasteiger partial charge in [0, 0.05) is 35.1 Å². The fourth-order valence-electron chi connectivity index (χ4n) is 2.84. The molecule has 0 saturated carbocycles. The monoisotopic (exact) mass is 415 g/mol. The zero-order valence-electron chi connectivity index (χ0n) is 16.0. The van der Waals surface area contributed by atoms with Crippen LogP contribution in [-0.4, -0.2) is 15.9 Å². The van der Waals surface area contributed by atoms with E-state index in [4.69, 9.17) is 16.3 Å². The van der Waals surface area contributed by atoms with Crippen LogP contribution in [0.25, 0.3) is 11.1 Å². The van der Waals surface area contributed by atoms with E-state index in [0.29, 0.717) is 22.9 Å². The van der Waals surface area contributed by atoms with Gasteiger partial charge in [-0.25, -0.2) is 9.97 Å². The second-order valence-electron chi connectivity index (χ2n) is 6.56. The fourth-order valence-corrected chi connectivity index (χ4v) is 2.96. The molecule has 1 aromatic heterocycles. The Morgan fingerprint density at radius 1 is 0.867 bits per heavy atom. The molecular formula is C24H18ClN3O2. The average molecular weight is 416 g/mol. The number of hydrogen-bond acceptors (Lipinski definition) is 4. The lowest BCUT2D eigenvalue weighted by molar-refractivity contribution is 0.0951. The lowest BCUT2D eigenvalue weighted by Crippen LogP contribution is -2.22. The van der Waals surface area contributed by atoms with Gasteiger partial charge >= 0.3 is 6.01 Å². The van der Waals surface area contributed by atoms with Crippen molar-refractivity contribution in [1.82, 2.24) is 15.3 Å². The first kappa shape index (κ1) is 19.6. The molecule has 0 saturated heterocycles.